The van der Waals surface area contributed by atoms with Crippen LogP contribution in [0.4, 0.5) is 0 Å². The molecule has 2 fully saturated rings. The molecule has 90 valence electrons. The highest BCUT2D eigenvalue weighted by atomic mass is 16.3. The number of fused-ring (bicyclic) bond motifs is 1. The van der Waals surface area contributed by atoms with Crippen LogP contribution in [0.1, 0.15) is 46.0 Å². The zero-order chi connectivity index (χ0) is 11.9. The third kappa shape index (κ3) is 1.98. The van der Waals surface area contributed by atoms with Gasteiger partial charge in [-0.3, -0.25) is 0 Å². The highest BCUT2D eigenvalue weighted by Gasteiger charge is 2.45. The van der Waals surface area contributed by atoms with E-state index in [2.05, 4.69) is 27.0 Å². The van der Waals surface area contributed by atoms with Crippen LogP contribution in [-0.4, -0.2) is 11.2 Å². The second kappa shape index (κ2) is 4.03. The maximum absolute atomic E-state index is 9.88. The molecule has 0 unspecified atom stereocenters. The van der Waals surface area contributed by atoms with E-state index in [9.17, 15) is 5.11 Å². The van der Waals surface area contributed by atoms with Gasteiger partial charge in [-0.2, -0.15) is 0 Å². The van der Waals surface area contributed by atoms with Crippen LogP contribution in [-0.2, 0) is 0 Å². The number of hydrogen-bond acceptors (Lipinski definition) is 1. The maximum Gasteiger partial charge on any atom is 0.0582 e. The van der Waals surface area contributed by atoms with Gasteiger partial charge in [0.2, 0.25) is 0 Å². The van der Waals surface area contributed by atoms with Crippen molar-refractivity contribution in [3.8, 4) is 0 Å². The minimum Gasteiger partial charge on any atom is -0.393 e. The highest BCUT2D eigenvalue weighted by Crippen LogP contribution is 2.54. The number of allylic oxidation sites excluding steroid dienone is 1. The van der Waals surface area contributed by atoms with Crippen LogP contribution in [0.5, 0.6) is 0 Å². The largest absolute Gasteiger partial charge is 0.393 e. The number of aliphatic hydroxyl groups excluding tert-OH is 1. The molecule has 0 aliphatic heterocycles. The summed E-state index contributed by atoms with van der Waals surface area (Å²) in [5.74, 6) is 1.27. The molecule has 1 N–H and O–H groups in total. The van der Waals surface area contributed by atoms with E-state index in [-0.39, 0.29) is 6.10 Å². The number of rotatable bonds is 1. The van der Waals surface area contributed by atoms with Crippen LogP contribution in [0, 0.1) is 17.3 Å². The van der Waals surface area contributed by atoms with E-state index in [4.69, 9.17) is 0 Å². The summed E-state index contributed by atoms with van der Waals surface area (Å²) in [6.45, 7) is 12.8. The molecule has 0 radical (unpaired) electrons. The molecule has 2 saturated carbocycles. The van der Waals surface area contributed by atoms with E-state index in [1.54, 1.807) is 0 Å². The average Bonchev–Trinajstić information content (AvgIpc) is 2.15. The molecule has 0 amide bonds. The van der Waals surface area contributed by atoms with Crippen LogP contribution >= 0.6 is 0 Å². The summed E-state index contributed by atoms with van der Waals surface area (Å²) in [7, 11) is 0. The van der Waals surface area contributed by atoms with Gasteiger partial charge in [0, 0.05) is 0 Å². The first-order valence-electron chi connectivity index (χ1n) is 6.43. The van der Waals surface area contributed by atoms with Crippen LogP contribution in [0.15, 0.2) is 24.3 Å². The second-order valence-corrected chi connectivity index (χ2v) is 6.24. The van der Waals surface area contributed by atoms with E-state index >= 15 is 0 Å². The first-order chi connectivity index (χ1) is 7.42. The van der Waals surface area contributed by atoms with Gasteiger partial charge in [0.15, 0.2) is 0 Å². The molecule has 0 spiro atoms. The predicted octanol–water partition coefficient (Wildman–Crippen LogP) is 3.70. The van der Waals surface area contributed by atoms with Crippen molar-refractivity contribution in [1.29, 1.82) is 0 Å². The summed E-state index contributed by atoms with van der Waals surface area (Å²) in [6.07, 6.45) is 5.27. The van der Waals surface area contributed by atoms with Gasteiger partial charge in [0.25, 0.3) is 0 Å². The Morgan fingerprint density at radius 1 is 1.50 bits per heavy atom. The lowest BCUT2D eigenvalue weighted by Crippen LogP contribution is -2.42. The van der Waals surface area contributed by atoms with E-state index < -0.39 is 0 Å². The van der Waals surface area contributed by atoms with Crippen molar-refractivity contribution in [3.63, 3.8) is 0 Å². The molecule has 0 aromatic carbocycles. The van der Waals surface area contributed by atoms with Crippen molar-refractivity contribution in [2.45, 2.75) is 52.1 Å². The van der Waals surface area contributed by atoms with Crippen LogP contribution in [0.3, 0.4) is 0 Å². The van der Waals surface area contributed by atoms with Crippen LogP contribution < -0.4 is 0 Å². The Labute approximate surface area is 99.3 Å². The fraction of sp³-hybridized carbons (Fsp3) is 0.733. The van der Waals surface area contributed by atoms with Crippen molar-refractivity contribution >= 4 is 0 Å². The first-order valence-corrected chi connectivity index (χ1v) is 6.43. The molecule has 2 aliphatic rings. The van der Waals surface area contributed by atoms with Gasteiger partial charge in [0.05, 0.1) is 6.10 Å². The molecule has 1 nitrogen and oxygen atoms in total. The molecule has 1 heteroatoms. The minimum absolute atomic E-state index is 0.157. The second-order valence-electron chi connectivity index (χ2n) is 6.24. The monoisotopic (exact) mass is 220 g/mol. The Bertz CT molecular complexity index is 317. The Kier molecular flexibility index (Phi) is 3.00. The number of aliphatic hydroxyl groups is 1. The standard InChI is InChI=1S/C15H24O/c1-10(2)12-5-6-15(4)9-13(16)7-11(3)14(15)8-12/h12-14,16H,1,3,5-9H2,2,4H3/t12-,13+,14+,15+/m1/s1. The Morgan fingerprint density at radius 2 is 2.19 bits per heavy atom. The smallest absolute Gasteiger partial charge is 0.0582 e. The van der Waals surface area contributed by atoms with Crippen molar-refractivity contribution < 1.29 is 5.11 Å². The van der Waals surface area contributed by atoms with Crippen molar-refractivity contribution in [1.82, 2.24) is 0 Å². The fourth-order valence-electron chi connectivity index (χ4n) is 3.77. The van der Waals surface area contributed by atoms with Gasteiger partial charge in [-0.25, -0.2) is 0 Å². The van der Waals surface area contributed by atoms with E-state index in [1.165, 1.54) is 30.4 Å². The molecule has 16 heavy (non-hydrogen) atoms. The van der Waals surface area contributed by atoms with Crippen molar-refractivity contribution in [3.05, 3.63) is 24.3 Å². The predicted molar refractivity (Wildman–Crippen MR) is 68.1 cm³/mol. The average molecular weight is 220 g/mol. The zero-order valence-electron chi connectivity index (χ0n) is 10.6. The van der Waals surface area contributed by atoms with Crippen molar-refractivity contribution in [2.24, 2.45) is 17.3 Å². The first kappa shape index (κ1) is 11.9. The van der Waals surface area contributed by atoms with Gasteiger partial charge in [-0.15, -0.1) is 0 Å². The normalized spacial score (nSPS) is 43.9. The Balaban J connectivity index is 2.17. The molecule has 0 bridgehead atoms. The lowest BCUT2D eigenvalue weighted by Gasteiger charge is -2.50. The summed E-state index contributed by atoms with van der Waals surface area (Å²) in [5, 5.41) is 9.88. The molecule has 0 aromatic rings. The topological polar surface area (TPSA) is 20.2 Å². The fourth-order valence-corrected chi connectivity index (χ4v) is 3.77. The van der Waals surface area contributed by atoms with E-state index in [1.807, 2.05) is 0 Å². The molecular weight excluding hydrogens is 196 g/mol. The van der Waals surface area contributed by atoms with Gasteiger partial charge in [0.1, 0.15) is 0 Å². The highest BCUT2D eigenvalue weighted by molar-refractivity contribution is 5.16. The Hall–Kier alpha value is -0.560. The van der Waals surface area contributed by atoms with Gasteiger partial charge < -0.3 is 5.11 Å². The van der Waals surface area contributed by atoms with Crippen molar-refractivity contribution in [2.75, 3.05) is 0 Å². The quantitative estimate of drug-likeness (QED) is 0.668. The third-order valence-electron chi connectivity index (χ3n) is 4.81. The summed E-state index contributed by atoms with van der Waals surface area (Å²) in [6, 6.07) is 0. The number of hydrogen-bond donors (Lipinski definition) is 1. The lowest BCUT2D eigenvalue weighted by atomic mass is 9.56. The zero-order valence-corrected chi connectivity index (χ0v) is 10.6. The summed E-state index contributed by atoms with van der Waals surface area (Å²) in [4.78, 5) is 0. The molecule has 4 atom stereocenters. The molecule has 2 rings (SSSR count). The third-order valence-corrected chi connectivity index (χ3v) is 4.81. The van der Waals surface area contributed by atoms with Gasteiger partial charge >= 0.3 is 0 Å². The SMILES string of the molecule is C=C(C)[C@@H]1CC[C@@]2(C)C[C@@H](O)CC(=C)[C@@H]2C1. The Morgan fingerprint density at radius 3 is 2.81 bits per heavy atom. The molecule has 2 aliphatic carbocycles. The van der Waals surface area contributed by atoms with E-state index in [0.717, 1.165) is 12.8 Å². The van der Waals surface area contributed by atoms with Gasteiger partial charge in [-0.1, -0.05) is 31.2 Å². The maximum atomic E-state index is 9.88. The molecule has 0 aromatic heterocycles. The van der Waals surface area contributed by atoms with Crippen LogP contribution in [0.2, 0.25) is 0 Å². The summed E-state index contributed by atoms with van der Waals surface area (Å²) >= 11 is 0. The van der Waals surface area contributed by atoms with Gasteiger partial charge in [-0.05, 0) is 56.3 Å². The molecule has 0 heterocycles. The van der Waals surface area contributed by atoms with Crippen LogP contribution in [0.25, 0.3) is 0 Å². The summed E-state index contributed by atoms with van der Waals surface area (Å²) in [5.41, 5.74) is 2.88. The minimum atomic E-state index is -0.157. The summed E-state index contributed by atoms with van der Waals surface area (Å²) < 4.78 is 0. The lowest BCUT2D eigenvalue weighted by molar-refractivity contribution is 0.00974. The van der Waals surface area contributed by atoms with E-state index in [0.29, 0.717) is 17.3 Å². The molecular formula is C15H24O. The molecule has 0 saturated heterocycles.